The van der Waals surface area contributed by atoms with E-state index in [1.807, 2.05) is 42.8 Å². The third-order valence-corrected chi connectivity index (χ3v) is 6.90. The van der Waals surface area contributed by atoms with Crippen molar-refractivity contribution in [3.8, 4) is 5.88 Å². The summed E-state index contributed by atoms with van der Waals surface area (Å²) in [5.74, 6) is 1.52. The van der Waals surface area contributed by atoms with E-state index in [4.69, 9.17) is 9.97 Å². The molecule has 188 valence electrons. The fourth-order valence-corrected chi connectivity index (χ4v) is 4.82. The summed E-state index contributed by atoms with van der Waals surface area (Å²) >= 11 is 0. The number of benzene rings is 1. The second kappa shape index (κ2) is 9.29. The quantitative estimate of drug-likeness (QED) is 0.457. The average Bonchev–Trinajstić information content (AvgIpc) is 3.20. The van der Waals surface area contributed by atoms with Gasteiger partial charge in [-0.2, -0.15) is 4.98 Å². The number of rotatable bonds is 5. The molecule has 0 aliphatic carbocycles. The normalized spacial score (nSPS) is 14.3. The number of aryl methyl sites for hydroxylation is 1. The summed E-state index contributed by atoms with van der Waals surface area (Å²) < 4.78 is 1.82. The number of aromatic nitrogens is 4. The van der Waals surface area contributed by atoms with Gasteiger partial charge in [-0.3, -0.25) is 9.78 Å². The highest BCUT2D eigenvalue weighted by atomic mass is 16.3. The van der Waals surface area contributed by atoms with Crippen molar-refractivity contribution in [3.63, 3.8) is 0 Å². The van der Waals surface area contributed by atoms with Crippen molar-refractivity contribution in [1.82, 2.24) is 24.4 Å². The van der Waals surface area contributed by atoms with Gasteiger partial charge in [-0.1, -0.05) is 23.8 Å². The van der Waals surface area contributed by atoms with Gasteiger partial charge in [-0.25, -0.2) is 4.98 Å². The number of amides is 1. The van der Waals surface area contributed by atoms with Crippen molar-refractivity contribution < 1.29 is 9.90 Å². The van der Waals surface area contributed by atoms with Crippen LogP contribution >= 0.6 is 0 Å². The van der Waals surface area contributed by atoms with Gasteiger partial charge in [0.1, 0.15) is 11.3 Å². The number of hydrogen-bond acceptors (Lipinski definition) is 7. The molecule has 0 unspecified atom stereocenters. The minimum Gasteiger partial charge on any atom is -0.493 e. The molecule has 0 atom stereocenters. The summed E-state index contributed by atoms with van der Waals surface area (Å²) in [6.07, 6.45) is 3.84. The number of hydrogen-bond donors (Lipinski definition) is 1. The predicted octanol–water partition coefficient (Wildman–Crippen LogP) is 3.88. The molecule has 1 aliphatic heterocycles. The van der Waals surface area contributed by atoms with Crippen LogP contribution in [0.2, 0.25) is 0 Å². The second-order valence-corrected chi connectivity index (χ2v) is 9.94. The lowest BCUT2D eigenvalue weighted by atomic mass is 10.1. The van der Waals surface area contributed by atoms with Crippen LogP contribution in [0, 0.1) is 6.92 Å². The third kappa shape index (κ3) is 4.41. The van der Waals surface area contributed by atoms with Crippen molar-refractivity contribution >= 4 is 39.3 Å². The highest BCUT2D eigenvalue weighted by Gasteiger charge is 2.25. The highest BCUT2D eigenvalue weighted by Crippen LogP contribution is 2.35. The molecule has 1 fully saturated rings. The lowest BCUT2D eigenvalue weighted by Crippen LogP contribution is -2.48. The van der Waals surface area contributed by atoms with E-state index < -0.39 is 0 Å². The fourth-order valence-electron chi connectivity index (χ4n) is 4.82. The number of piperazine rings is 1. The monoisotopic (exact) mass is 487 g/mol. The molecule has 9 nitrogen and oxygen atoms in total. The van der Waals surface area contributed by atoms with Crippen molar-refractivity contribution in [2.45, 2.75) is 40.3 Å². The van der Waals surface area contributed by atoms with Crippen molar-refractivity contribution in [1.29, 1.82) is 0 Å². The molecular weight excluding hydrogens is 454 g/mol. The van der Waals surface area contributed by atoms with E-state index in [2.05, 4.69) is 46.0 Å². The van der Waals surface area contributed by atoms with E-state index in [0.717, 1.165) is 27.7 Å². The summed E-state index contributed by atoms with van der Waals surface area (Å²) in [5.41, 5.74) is 2.68. The van der Waals surface area contributed by atoms with Crippen LogP contribution in [-0.2, 0) is 11.3 Å². The number of nitrogens with zero attached hydrogens (tertiary/aromatic N) is 7. The fraction of sp³-hybridized carbons (Fsp3) is 0.407. The second-order valence-electron chi connectivity index (χ2n) is 9.94. The summed E-state index contributed by atoms with van der Waals surface area (Å²) in [5, 5.41) is 14.1. The maximum atomic E-state index is 11.8. The number of aromatic hydroxyl groups is 1. The minimum absolute atomic E-state index is 0.0744. The number of fused-ring (bicyclic) bond motifs is 2. The Balaban J connectivity index is 1.53. The molecule has 1 aliphatic rings. The maximum Gasteiger partial charge on any atom is 0.228 e. The maximum absolute atomic E-state index is 11.8. The van der Waals surface area contributed by atoms with E-state index >= 15 is 0 Å². The van der Waals surface area contributed by atoms with Gasteiger partial charge < -0.3 is 24.4 Å². The first-order valence-electron chi connectivity index (χ1n) is 12.4. The Morgan fingerprint density at radius 3 is 2.56 bits per heavy atom. The molecule has 36 heavy (non-hydrogen) atoms. The highest BCUT2D eigenvalue weighted by molar-refractivity contribution is 5.94. The molecule has 9 heteroatoms. The predicted molar refractivity (Wildman–Crippen MR) is 143 cm³/mol. The van der Waals surface area contributed by atoms with Crippen LogP contribution in [0.4, 0.5) is 11.8 Å². The van der Waals surface area contributed by atoms with Gasteiger partial charge in [0.25, 0.3) is 0 Å². The molecule has 3 aromatic heterocycles. The van der Waals surface area contributed by atoms with Crippen LogP contribution in [0.5, 0.6) is 5.88 Å². The van der Waals surface area contributed by atoms with Crippen molar-refractivity contribution in [3.05, 3.63) is 47.9 Å². The van der Waals surface area contributed by atoms with Crippen LogP contribution in [0.25, 0.3) is 21.7 Å². The zero-order chi connectivity index (χ0) is 25.6. The van der Waals surface area contributed by atoms with Crippen LogP contribution in [-0.4, -0.2) is 68.7 Å². The smallest absolute Gasteiger partial charge is 0.228 e. The molecule has 4 heterocycles. The molecule has 1 amide bonds. The molecule has 5 rings (SSSR count). The summed E-state index contributed by atoms with van der Waals surface area (Å²) in [4.78, 5) is 32.2. The third-order valence-electron chi connectivity index (χ3n) is 6.90. The van der Waals surface area contributed by atoms with Gasteiger partial charge in [-0.05, 0) is 32.2 Å². The Kier molecular flexibility index (Phi) is 6.15. The van der Waals surface area contributed by atoms with E-state index in [1.165, 1.54) is 5.56 Å². The van der Waals surface area contributed by atoms with Gasteiger partial charge >= 0.3 is 0 Å². The molecule has 0 bridgehead atoms. The van der Waals surface area contributed by atoms with Crippen LogP contribution in [0.3, 0.4) is 0 Å². The lowest BCUT2D eigenvalue weighted by molar-refractivity contribution is -0.129. The molecule has 1 N–H and O–H groups in total. The first-order valence-corrected chi connectivity index (χ1v) is 12.4. The minimum atomic E-state index is 0.0744. The van der Waals surface area contributed by atoms with E-state index in [1.54, 1.807) is 6.92 Å². The summed E-state index contributed by atoms with van der Waals surface area (Å²) in [7, 11) is 1.99. The Labute approximate surface area is 211 Å². The number of anilines is 2. The first-order chi connectivity index (χ1) is 17.2. The van der Waals surface area contributed by atoms with Crippen LogP contribution in [0.1, 0.15) is 38.1 Å². The molecule has 1 saturated heterocycles. The summed E-state index contributed by atoms with van der Waals surface area (Å²) in [6, 6.07) is 8.55. The van der Waals surface area contributed by atoms with Gasteiger partial charge in [0.15, 0.2) is 0 Å². The molecule has 0 spiro atoms. The molecular formula is C27H33N7O2. The van der Waals surface area contributed by atoms with E-state index in [0.29, 0.717) is 44.2 Å². The van der Waals surface area contributed by atoms with Crippen molar-refractivity contribution in [2.24, 2.45) is 0 Å². The van der Waals surface area contributed by atoms with Crippen molar-refractivity contribution in [2.75, 3.05) is 43.0 Å². The Morgan fingerprint density at radius 1 is 1.11 bits per heavy atom. The first kappa shape index (κ1) is 23.8. The zero-order valence-corrected chi connectivity index (χ0v) is 21.6. The van der Waals surface area contributed by atoms with Crippen LogP contribution in [0.15, 0.2) is 36.7 Å². The van der Waals surface area contributed by atoms with Gasteiger partial charge in [0.2, 0.25) is 17.7 Å². The molecule has 4 aromatic rings. The van der Waals surface area contributed by atoms with Crippen LogP contribution < -0.4 is 9.80 Å². The standard InChI is InChI=1S/C27H33N7O2/c1-17(2)34-16-23-24(26(34)36)29-27(33-10-8-32(9-11-33)19(4)35)30-25(23)31(5)15-22-13-21-12-18(3)6-7-20(21)14-28-22/h6-7,12-14,16-17,36H,8-11,15H2,1-5H3. The number of carbonyl (C=O) groups excluding carboxylic acids is 1. The Morgan fingerprint density at radius 2 is 1.86 bits per heavy atom. The number of carbonyl (C=O) groups is 1. The molecule has 1 aromatic carbocycles. The zero-order valence-electron chi connectivity index (χ0n) is 21.6. The SMILES string of the molecule is CC(=O)N1CCN(c2nc(N(C)Cc3cc4cc(C)ccc4cn3)c3cn(C(C)C)c(O)c3n2)CC1. The van der Waals surface area contributed by atoms with E-state index in [9.17, 15) is 9.90 Å². The lowest BCUT2D eigenvalue weighted by Gasteiger charge is -2.34. The Hall–Kier alpha value is -3.88. The van der Waals surface area contributed by atoms with Gasteiger partial charge in [0, 0.05) is 64.0 Å². The number of pyridine rings is 1. The van der Waals surface area contributed by atoms with E-state index in [-0.39, 0.29) is 17.8 Å². The van der Waals surface area contributed by atoms with Gasteiger partial charge in [0.05, 0.1) is 17.6 Å². The summed E-state index contributed by atoms with van der Waals surface area (Å²) in [6.45, 7) is 10.8. The Bertz CT molecular complexity index is 1440. The average molecular weight is 488 g/mol. The van der Waals surface area contributed by atoms with Gasteiger partial charge in [-0.15, -0.1) is 0 Å². The molecule has 0 saturated carbocycles. The topological polar surface area (TPSA) is 90.6 Å². The largest absolute Gasteiger partial charge is 0.493 e. The molecule has 0 radical (unpaired) electrons.